The quantitative estimate of drug-likeness (QED) is 0.856. The number of anilines is 1. The van der Waals surface area contributed by atoms with Gasteiger partial charge in [-0.1, -0.05) is 0 Å². The highest BCUT2D eigenvalue weighted by molar-refractivity contribution is 7.90. The molecule has 2 heterocycles. The fraction of sp³-hybridized carbons (Fsp3) is 0.455. The number of hydrogen-bond donors (Lipinski definition) is 1. The zero-order valence-electron chi connectivity index (χ0n) is 10.9. The molecule has 2 aromatic heterocycles. The Morgan fingerprint density at radius 2 is 2.05 bits per heavy atom. The van der Waals surface area contributed by atoms with Gasteiger partial charge in [-0.25, -0.2) is 8.42 Å². The Kier molecular flexibility index (Phi) is 3.61. The Hall–Kier alpha value is -1.83. The van der Waals surface area contributed by atoms with E-state index in [1.54, 1.807) is 21.8 Å². The third kappa shape index (κ3) is 3.34. The van der Waals surface area contributed by atoms with E-state index in [0.717, 1.165) is 12.1 Å². The molecule has 19 heavy (non-hydrogen) atoms. The van der Waals surface area contributed by atoms with E-state index in [4.69, 9.17) is 5.73 Å². The molecule has 0 saturated carbocycles. The van der Waals surface area contributed by atoms with Gasteiger partial charge in [0.1, 0.15) is 15.5 Å². The highest BCUT2D eigenvalue weighted by Gasteiger charge is 2.11. The highest BCUT2D eigenvalue weighted by Crippen LogP contribution is 2.23. The Morgan fingerprint density at radius 1 is 1.32 bits per heavy atom. The van der Waals surface area contributed by atoms with Gasteiger partial charge in [0.2, 0.25) is 0 Å². The van der Waals surface area contributed by atoms with Crippen LogP contribution in [0.3, 0.4) is 0 Å². The van der Waals surface area contributed by atoms with Crippen LogP contribution in [-0.2, 0) is 22.9 Å². The smallest absolute Gasteiger partial charge is 0.149 e. The Morgan fingerprint density at radius 3 is 2.63 bits per heavy atom. The van der Waals surface area contributed by atoms with E-state index in [-0.39, 0.29) is 5.75 Å². The number of nitrogens with two attached hydrogens (primary N) is 1. The van der Waals surface area contributed by atoms with Crippen molar-refractivity contribution in [3.05, 3.63) is 18.6 Å². The van der Waals surface area contributed by atoms with Crippen molar-refractivity contribution in [2.24, 2.45) is 0 Å². The topological polar surface area (TPSA) is 95.8 Å². The first kappa shape index (κ1) is 13.6. The normalized spacial score (nSPS) is 11.9. The zero-order chi connectivity index (χ0) is 14.0. The molecular formula is C11H17N5O2S. The first-order valence-corrected chi connectivity index (χ1v) is 7.98. The van der Waals surface area contributed by atoms with Crippen LogP contribution in [0.4, 0.5) is 5.69 Å². The molecule has 2 N–H and O–H groups in total. The van der Waals surface area contributed by atoms with Crippen LogP contribution in [0.15, 0.2) is 18.6 Å². The minimum absolute atomic E-state index is 0.0434. The lowest BCUT2D eigenvalue weighted by Gasteiger charge is -1.98. The van der Waals surface area contributed by atoms with Crippen LogP contribution in [0.1, 0.15) is 6.92 Å². The lowest BCUT2D eigenvalue weighted by Crippen LogP contribution is -2.11. The molecule has 0 bridgehead atoms. The van der Waals surface area contributed by atoms with Crippen molar-refractivity contribution in [3.63, 3.8) is 0 Å². The van der Waals surface area contributed by atoms with Crippen LogP contribution in [0, 0.1) is 0 Å². The number of aromatic nitrogens is 4. The standard InChI is InChI=1S/C11H17N5O2S/c1-3-15-7-9(6-13-15)11-10(12)8-16(14-11)4-5-19(2,17)18/h6-8H,3-5,12H2,1-2H3. The van der Waals surface area contributed by atoms with Gasteiger partial charge in [0, 0.05) is 30.8 Å². The van der Waals surface area contributed by atoms with Crippen molar-refractivity contribution in [2.75, 3.05) is 17.7 Å². The summed E-state index contributed by atoms with van der Waals surface area (Å²) in [6.07, 6.45) is 6.40. The molecule has 7 nitrogen and oxygen atoms in total. The molecule has 0 aliphatic heterocycles. The maximum Gasteiger partial charge on any atom is 0.149 e. The molecule has 104 valence electrons. The zero-order valence-corrected chi connectivity index (χ0v) is 11.8. The first-order chi connectivity index (χ1) is 8.89. The third-order valence-corrected chi connectivity index (χ3v) is 3.64. The van der Waals surface area contributed by atoms with Gasteiger partial charge >= 0.3 is 0 Å². The first-order valence-electron chi connectivity index (χ1n) is 5.92. The van der Waals surface area contributed by atoms with Crippen molar-refractivity contribution >= 4 is 15.5 Å². The van der Waals surface area contributed by atoms with Crippen LogP contribution >= 0.6 is 0 Å². The number of aryl methyl sites for hydroxylation is 2. The van der Waals surface area contributed by atoms with Gasteiger partial charge in [0.15, 0.2) is 0 Å². The van der Waals surface area contributed by atoms with Crippen molar-refractivity contribution in [3.8, 4) is 11.3 Å². The van der Waals surface area contributed by atoms with Gasteiger partial charge in [-0.2, -0.15) is 10.2 Å². The summed E-state index contributed by atoms with van der Waals surface area (Å²) < 4.78 is 25.6. The number of nitrogen functional groups attached to an aromatic ring is 1. The summed E-state index contributed by atoms with van der Waals surface area (Å²) in [6.45, 7) is 3.06. The lowest BCUT2D eigenvalue weighted by atomic mass is 10.2. The van der Waals surface area contributed by atoms with Crippen LogP contribution in [0.2, 0.25) is 0 Å². The van der Waals surface area contributed by atoms with Gasteiger partial charge in [-0.15, -0.1) is 0 Å². The highest BCUT2D eigenvalue weighted by atomic mass is 32.2. The van der Waals surface area contributed by atoms with Crippen molar-refractivity contribution in [2.45, 2.75) is 20.0 Å². The average Bonchev–Trinajstić information content (AvgIpc) is 2.91. The minimum Gasteiger partial charge on any atom is -0.396 e. The van der Waals surface area contributed by atoms with Crippen LogP contribution in [0.5, 0.6) is 0 Å². The molecule has 0 radical (unpaired) electrons. The predicted octanol–water partition coefficient (Wildman–Crippen LogP) is 0.393. The van der Waals surface area contributed by atoms with E-state index < -0.39 is 9.84 Å². The number of rotatable bonds is 5. The fourth-order valence-electron chi connectivity index (χ4n) is 1.69. The SMILES string of the molecule is CCn1cc(-c2nn(CCS(C)(=O)=O)cc2N)cn1. The summed E-state index contributed by atoms with van der Waals surface area (Å²) in [4.78, 5) is 0. The molecular weight excluding hydrogens is 266 g/mol. The largest absolute Gasteiger partial charge is 0.396 e. The second-order valence-corrected chi connectivity index (χ2v) is 6.67. The minimum atomic E-state index is -3.01. The second-order valence-electron chi connectivity index (χ2n) is 4.41. The lowest BCUT2D eigenvalue weighted by molar-refractivity contribution is 0.586. The molecule has 0 aromatic carbocycles. The van der Waals surface area contributed by atoms with Gasteiger partial charge in [-0.05, 0) is 6.92 Å². The average molecular weight is 283 g/mol. The third-order valence-electron chi connectivity index (χ3n) is 2.71. The molecule has 0 atom stereocenters. The van der Waals surface area contributed by atoms with Crippen LogP contribution in [0.25, 0.3) is 11.3 Å². The monoisotopic (exact) mass is 283 g/mol. The number of hydrogen-bond acceptors (Lipinski definition) is 5. The molecule has 0 aliphatic rings. The van der Waals surface area contributed by atoms with E-state index >= 15 is 0 Å². The van der Waals surface area contributed by atoms with Gasteiger partial charge in [0.25, 0.3) is 0 Å². The summed E-state index contributed by atoms with van der Waals surface area (Å²) >= 11 is 0. The summed E-state index contributed by atoms with van der Waals surface area (Å²) in [5.74, 6) is 0.0434. The molecule has 2 aromatic rings. The maximum absolute atomic E-state index is 11.1. The molecule has 0 unspecified atom stereocenters. The molecule has 2 rings (SSSR count). The molecule has 0 fully saturated rings. The predicted molar refractivity (Wildman–Crippen MR) is 73.2 cm³/mol. The Balaban J connectivity index is 2.21. The molecule has 0 amide bonds. The van der Waals surface area contributed by atoms with Crippen LogP contribution in [-0.4, -0.2) is 40.0 Å². The summed E-state index contributed by atoms with van der Waals surface area (Å²) in [5.41, 5.74) is 7.87. The van der Waals surface area contributed by atoms with E-state index in [9.17, 15) is 8.42 Å². The fourth-order valence-corrected chi connectivity index (χ4v) is 2.21. The molecule has 0 aliphatic carbocycles. The van der Waals surface area contributed by atoms with Crippen LogP contribution < -0.4 is 5.73 Å². The van der Waals surface area contributed by atoms with Gasteiger partial charge in [0.05, 0.1) is 24.2 Å². The van der Waals surface area contributed by atoms with E-state index in [2.05, 4.69) is 10.2 Å². The van der Waals surface area contributed by atoms with Gasteiger partial charge in [-0.3, -0.25) is 9.36 Å². The molecule has 0 spiro atoms. The van der Waals surface area contributed by atoms with E-state index in [1.807, 2.05) is 13.1 Å². The summed E-state index contributed by atoms with van der Waals surface area (Å²) in [5, 5.41) is 8.47. The Labute approximate surface area is 111 Å². The summed E-state index contributed by atoms with van der Waals surface area (Å²) in [6, 6.07) is 0. The number of sulfone groups is 1. The second kappa shape index (κ2) is 5.04. The number of nitrogens with zero attached hydrogens (tertiary/aromatic N) is 4. The van der Waals surface area contributed by atoms with Gasteiger partial charge < -0.3 is 5.73 Å². The van der Waals surface area contributed by atoms with Crippen molar-refractivity contribution in [1.29, 1.82) is 0 Å². The van der Waals surface area contributed by atoms with Crippen molar-refractivity contribution in [1.82, 2.24) is 19.6 Å². The van der Waals surface area contributed by atoms with E-state index in [0.29, 0.717) is 17.9 Å². The Bertz CT molecular complexity index is 671. The maximum atomic E-state index is 11.1. The van der Waals surface area contributed by atoms with Crippen molar-refractivity contribution < 1.29 is 8.42 Å². The van der Waals surface area contributed by atoms with E-state index in [1.165, 1.54) is 6.26 Å². The summed E-state index contributed by atoms with van der Waals surface area (Å²) in [7, 11) is -3.01. The molecule has 8 heteroatoms. The molecule has 0 saturated heterocycles.